The predicted molar refractivity (Wildman–Crippen MR) is 82.1 cm³/mol. The molecule has 4 nitrogen and oxygen atoms in total. The van der Waals surface area contributed by atoms with Crippen LogP contribution in [0.4, 0.5) is 4.39 Å². The second kappa shape index (κ2) is 6.07. The largest absolute Gasteiger partial charge is 0.390 e. The quantitative estimate of drug-likeness (QED) is 0.805. The Morgan fingerprint density at radius 3 is 2.50 bits per heavy atom. The Balaban J connectivity index is 2.21. The Bertz CT molecular complexity index is 781. The van der Waals surface area contributed by atoms with Gasteiger partial charge in [-0.25, -0.2) is 9.07 Å². The van der Waals surface area contributed by atoms with Crippen molar-refractivity contribution >= 4 is 0 Å². The van der Waals surface area contributed by atoms with E-state index in [4.69, 9.17) is 0 Å². The molecule has 0 aliphatic heterocycles. The van der Waals surface area contributed by atoms with Crippen LogP contribution in [-0.4, -0.2) is 20.1 Å². The summed E-state index contributed by atoms with van der Waals surface area (Å²) in [6, 6.07) is 14.0. The van der Waals surface area contributed by atoms with E-state index in [0.717, 1.165) is 23.2 Å². The fraction of sp³-hybridized carbons (Fsp3) is 0.176. The van der Waals surface area contributed by atoms with Crippen molar-refractivity contribution in [2.75, 3.05) is 0 Å². The highest BCUT2D eigenvalue weighted by atomic mass is 19.1. The molecule has 2 aromatic carbocycles. The number of nitrogens with zero attached hydrogens (tertiary/aromatic N) is 3. The van der Waals surface area contributed by atoms with Gasteiger partial charge in [0.1, 0.15) is 17.2 Å². The Hall–Kier alpha value is -2.53. The first-order valence-electron chi connectivity index (χ1n) is 7.14. The number of para-hydroxylation sites is 1. The SMILES string of the molecule is CCc1ccccc1-n1nnc(CO)c1-c1ccc(F)cc1. The normalized spacial score (nSPS) is 10.9. The van der Waals surface area contributed by atoms with E-state index in [1.807, 2.05) is 24.3 Å². The molecule has 0 saturated heterocycles. The number of aliphatic hydroxyl groups is 1. The Labute approximate surface area is 127 Å². The molecule has 3 rings (SSSR count). The summed E-state index contributed by atoms with van der Waals surface area (Å²) >= 11 is 0. The van der Waals surface area contributed by atoms with Crippen LogP contribution in [0.2, 0.25) is 0 Å². The van der Waals surface area contributed by atoms with Crippen molar-refractivity contribution in [1.82, 2.24) is 15.0 Å². The number of aromatic nitrogens is 3. The molecular weight excluding hydrogens is 281 g/mol. The lowest BCUT2D eigenvalue weighted by Crippen LogP contribution is -2.03. The van der Waals surface area contributed by atoms with Crippen LogP contribution in [0.3, 0.4) is 0 Å². The average Bonchev–Trinajstić information content (AvgIpc) is 2.99. The molecule has 112 valence electrons. The van der Waals surface area contributed by atoms with Gasteiger partial charge in [0.15, 0.2) is 0 Å². The van der Waals surface area contributed by atoms with Gasteiger partial charge in [-0.15, -0.1) is 5.10 Å². The fourth-order valence-electron chi connectivity index (χ4n) is 2.50. The monoisotopic (exact) mass is 297 g/mol. The van der Waals surface area contributed by atoms with E-state index in [1.54, 1.807) is 16.8 Å². The van der Waals surface area contributed by atoms with Crippen LogP contribution in [0.1, 0.15) is 18.2 Å². The molecule has 1 heterocycles. The van der Waals surface area contributed by atoms with E-state index in [0.29, 0.717) is 11.4 Å². The highest BCUT2D eigenvalue weighted by Crippen LogP contribution is 2.27. The van der Waals surface area contributed by atoms with E-state index in [1.165, 1.54) is 12.1 Å². The molecule has 1 N–H and O–H groups in total. The fourth-order valence-corrected chi connectivity index (χ4v) is 2.50. The van der Waals surface area contributed by atoms with Gasteiger partial charge in [0, 0.05) is 5.56 Å². The Morgan fingerprint density at radius 1 is 1.09 bits per heavy atom. The topological polar surface area (TPSA) is 50.9 Å². The maximum absolute atomic E-state index is 13.2. The zero-order valence-corrected chi connectivity index (χ0v) is 12.2. The van der Waals surface area contributed by atoms with Gasteiger partial charge in [0.2, 0.25) is 0 Å². The second-order valence-electron chi connectivity index (χ2n) is 4.94. The van der Waals surface area contributed by atoms with Gasteiger partial charge in [-0.2, -0.15) is 0 Å². The van der Waals surface area contributed by atoms with Crippen molar-refractivity contribution < 1.29 is 9.50 Å². The third-order valence-corrected chi connectivity index (χ3v) is 3.61. The van der Waals surface area contributed by atoms with Crippen LogP contribution in [0, 0.1) is 5.82 Å². The highest BCUT2D eigenvalue weighted by molar-refractivity contribution is 5.64. The van der Waals surface area contributed by atoms with Crippen molar-refractivity contribution in [1.29, 1.82) is 0 Å². The molecule has 0 atom stereocenters. The molecule has 0 amide bonds. The summed E-state index contributed by atoms with van der Waals surface area (Å²) in [5, 5.41) is 17.8. The predicted octanol–water partition coefficient (Wildman–Crippen LogP) is 3.13. The van der Waals surface area contributed by atoms with Gasteiger partial charge in [-0.1, -0.05) is 30.3 Å². The van der Waals surface area contributed by atoms with Crippen LogP contribution in [-0.2, 0) is 13.0 Å². The van der Waals surface area contributed by atoms with Gasteiger partial charge >= 0.3 is 0 Å². The van der Waals surface area contributed by atoms with E-state index in [9.17, 15) is 9.50 Å². The molecule has 3 aromatic rings. The summed E-state index contributed by atoms with van der Waals surface area (Å²) in [5.41, 5.74) is 3.96. The summed E-state index contributed by atoms with van der Waals surface area (Å²) in [5.74, 6) is -0.303. The van der Waals surface area contributed by atoms with Gasteiger partial charge in [-0.05, 0) is 42.3 Å². The van der Waals surface area contributed by atoms with E-state index in [-0.39, 0.29) is 12.4 Å². The van der Waals surface area contributed by atoms with Crippen molar-refractivity contribution in [3.8, 4) is 16.9 Å². The summed E-state index contributed by atoms with van der Waals surface area (Å²) in [6.07, 6.45) is 0.855. The standard InChI is InChI=1S/C17H16FN3O/c1-2-12-5-3-4-6-16(12)21-17(15(11-22)19-20-21)13-7-9-14(18)10-8-13/h3-10,22H,2,11H2,1H3. The smallest absolute Gasteiger partial charge is 0.123 e. The molecule has 0 radical (unpaired) electrons. The van der Waals surface area contributed by atoms with Crippen molar-refractivity contribution in [2.45, 2.75) is 20.0 Å². The second-order valence-corrected chi connectivity index (χ2v) is 4.94. The molecule has 0 aliphatic carbocycles. The molecule has 0 aliphatic rings. The lowest BCUT2D eigenvalue weighted by atomic mass is 10.1. The van der Waals surface area contributed by atoms with E-state index in [2.05, 4.69) is 17.2 Å². The number of rotatable bonds is 4. The lowest BCUT2D eigenvalue weighted by molar-refractivity contribution is 0.277. The van der Waals surface area contributed by atoms with Crippen LogP contribution in [0.25, 0.3) is 16.9 Å². The van der Waals surface area contributed by atoms with Gasteiger partial charge in [-0.3, -0.25) is 0 Å². The molecule has 0 saturated carbocycles. The molecule has 5 heteroatoms. The van der Waals surface area contributed by atoms with E-state index < -0.39 is 0 Å². The molecule has 0 unspecified atom stereocenters. The van der Waals surface area contributed by atoms with Crippen molar-refractivity contribution in [3.05, 3.63) is 65.6 Å². The highest BCUT2D eigenvalue weighted by Gasteiger charge is 2.17. The zero-order chi connectivity index (χ0) is 15.5. The Kier molecular flexibility index (Phi) is 3.98. The first kappa shape index (κ1) is 14.4. The first-order valence-corrected chi connectivity index (χ1v) is 7.14. The Morgan fingerprint density at radius 2 is 1.82 bits per heavy atom. The van der Waals surface area contributed by atoms with Gasteiger partial charge in [0.05, 0.1) is 12.3 Å². The summed E-state index contributed by atoms with van der Waals surface area (Å²) < 4.78 is 14.9. The van der Waals surface area contributed by atoms with E-state index >= 15 is 0 Å². The minimum absolute atomic E-state index is 0.221. The van der Waals surface area contributed by atoms with Crippen molar-refractivity contribution in [3.63, 3.8) is 0 Å². The third-order valence-electron chi connectivity index (χ3n) is 3.61. The zero-order valence-electron chi connectivity index (χ0n) is 12.2. The number of halogens is 1. The van der Waals surface area contributed by atoms with Gasteiger partial charge in [0.25, 0.3) is 0 Å². The molecular formula is C17H16FN3O. The minimum atomic E-state index is -0.303. The number of aliphatic hydroxyl groups excluding tert-OH is 1. The number of benzene rings is 2. The summed E-state index contributed by atoms with van der Waals surface area (Å²) in [7, 11) is 0. The van der Waals surface area contributed by atoms with Crippen LogP contribution >= 0.6 is 0 Å². The molecule has 22 heavy (non-hydrogen) atoms. The van der Waals surface area contributed by atoms with Crippen molar-refractivity contribution in [2.24, 2.45) is 0 Å². The van der Waals surface area contributed by atoms with Crippen LogP contribution < -0.4 is 0 Å². The summed E-state index contributed by atoms with van der Waals surface area (Å²) in [4.78, 5) is 0. The third kappa shape index (κ3) is 2.51. The number of hydrogen-bond acceptors (Lipinski definition) is 3. The molecule has 0 fully saturated rings. The maximum atomic E-state index is 13.2. The molecule has 1 aromatic heterocycles. The lowest BCUT2D eigenvalue weighted by Gasteiger charge is -2.11. The maximum Gasteiger partial charge on any atom is 0.123 e. The van der Waals surface area contributed by atoms with Crippen LogP contribution in [0.5, 0.6) is 0 Å². The minimum Gasteiger partial charge on any atom is -0.390 e. The number of hydrogen-bond donors (Lipinski definition) is 1. The molecule has 0 bridgehead atoms. The summed E-state index contributed by atoms with van der Waals surface area (Å²) in [6.45, 7) is 1.85. The van der Waals surface area contributed by atoms with Gasteiger partial charge < -0.3 is 5.11 Å². The first-order chi connectivity index (χ1) is 10.7. The average molecular weight is 297 g/mol. The molecule has 0 spiro atoms. The number of aryl methyl sites for hydroxylation is 1. The van der Waals surface area contributed by atoms with Crippen LogP contribution in [0.15, 0.2) is 48.5 Å².